The maximum atomic E-state index is 5.25. The number of hydrogen-bond acceptors (Lipinski definition) is 3. The molecular formula is C7H9NOS. The van der Waals surface area contributed by atoms with E-state index in [0.29, 0.717) is 5.92 Å². The van der Waals surface area contributed by atoms with Gasteiger partial charge in [-0.15, -0.1) is 11.3 Å². The first kappa shape index (κ1) is 6.31. The zero-order chi connectivity index (χ0) is 6.81. The molecule has 54 valence electrons. The second kappa shape index (κ2) is 2.68. The molecule has 10 heavy (non-hydrogen) atoms. The minimum Gasteiger partial charge on any atom is -0.381 e. The summed E-state index contributed by atoms with van der Waals surface area (Å²) in [4.78, 5) is 4.24. The lowest BCUT2D eigenvalue weighted by atomic mass is 10.1. The Balaban J connectivity index is 2.12. The topological polar surface area (TPSA) is 22.1 Å². The van der Waals surface area contributed by atoms with Crippen molar-refractivity contribution in [1.82, 2.24) is 4.98 Å². The van der Waals surface area contributed by atoms with Gasteiger partial charge in [-0.25, -0.2) is 4.98 Å². The van der Waals surface area contributed by atoms with Gasteiger partial charge in [-0.3, -0.25) is 0 Å². The van der Waals surface area contributed by atoms with Crippen molar-refractivity contribution >= 4 is 11.3 Å². The molecule has 0 N–H and O–H groups in total. The number of rotatable bonds is 1. The molecule has 1 aromatic rings. The smallest absolute Gasteiger partial charge is 0.0794 e. The fourth-order valence-electron chi connectivity index (χ4n) is 1.19. The lowest BCUT2D eigenvalue weighted by Crippen LogP contribution is -1.96. The van der Waals surface area contributed by atoms with E-state index in [9.17, 15) is 0 Å². The summed E-state index contributed by atoms with van der Waals surface area (Å²) in [6, 6.07) is 0. The number of ether oxygens (including phenoxy) is 1. The lowest BCUT2D eigenvalue weighted by Gasteiger charge is -1.99. The van der Waals surface area contributed by atoms with Gasteiger partial charge in [-0.2, -0.15) is 0 Å². The summed E-state index contributed by atoms with van der Waals surface area (Å²) in [6.45, 7) is 1.77. The highest BCUT2D eigenvalue weighted by molar-refractivity contribution is 7.07. The third-order valence-corrected chi connectivity index (χ3v) is 2.40. The molecule has 3 heteroatoms. The zero-order valence-corrected chi connectivity index (χ0v) is 6.43. The molecule has 0 aliphatic carbocycles. The SMILES string of the molecule is c1nc(C2CCOC2)cs1. The highest BCUT2D eigenvalue weighted by atomic mass is 32.1. The van der Waals surface area contributed by atoms with E-state index in [1.807, 2.05) is 5.51 Å². The molecule has 0 spiro atoms. The van der Waals surface area contributed by atoms with E-state index >= 15 is 0 Å². The van der Waals surface area contributed by atoms with Crippen LogP contribution < -0.4 is 0 Å². The Morgan fingerprint density at radius 2 is 2.70 bits per heavy atom. The first-order valence-corrected chi connectivity index (χ1v) is 4.37. The minimum absolute atomic E-state index is 0.575. The molecule has 0 bridgehead atoms. The second-order valence-electron chi connectivity index (χ2n) is 2.47. The molecule has 0 radical (unpaired) electrons. The Morgan fingerprint density at radius 3 is 3.30 bits per heavy atom. The number of aromatic nitrogens is 1. The number of hydrogen-bond donors (Lipinski definition) is 0. The minimum atomic E-state index is 0.575. The van der Waals surface area contributed by atoms with Crippen LogP contribution in [0.15, 0.2) is 10.9 Å². The molecule has 1 aliphatic heterocycles. The van der Waals surface area contributed by atoms with Gasteiger partial charge in [0.25, 0.3) is 0 Å². The van der Waals surface area contributed by atoms with E-state index in [0.717, 1.165) is 19.6 Å². The second-order valence-corrected chi connectivity index (χ2v) is 3.19. The molecule has 0 amide bonds. The van der Waals surface area contributed by atoms with E-state index in [4.69, 9.17) is 4.74 Å². The predicted octanol–water partition coefficient (Wildman–Crippen LogP) is 1.65. The molecule has 1 fully saturated rings. The summed E-state index contributed by atoms with van der Waals surface area (Å²) in [5.41, 5.74) is 3.09. The van der Waals surface area contributed by atoms with Crippen LogP contribution in [-0.2, 0) is 4.74 Å². The van der Waals surface area contributed by atoms with Gasteiger partial charge in [0.15, 0.2) is 0 Å². The molecule has 1 aliphatic rings. The number of nitrogens with zero attached hydrogens (tertiary/aromatic N) is 1. The fourth-order valence-corrected chi connectivity index (χ4v) is 1.83. The van der Waals surface area contributed by atoms with Crippen molar-refractivity contribution in [1.29, 1.82) is 0 Å². The van der Waals surface area contributed by atoms with Crippen LogP contribution in [-0.4, -0.2) is 18.2 Å². The maximum Gasteiger partial charge on any atom is 0.0794 e. The first-order valence-electron chi connectivity index (χ1n) is 3.42. The summed E-state index contributed by atoms with van der Waals surface area (Å²) in [6.07, 6.45) is 1.14. The molecule has 1 saturated heterocycles. The summed E-state index contributed by atoms with van der Waals surface area (Å²) in [7, 11) is 0. The zero-order valence-electron chi connectivity index (χ0n) is 5.62. The molecule has 0 aromatic carbocycles. The van der Waals surface area contributed by atoms with E-state index in [2.05, 4.69) is 10.4 Å². The van der Waals surface area contributed by atoms with Crippen molar-refractivity contribution in [2.24, 2.45) is 0 Å². The average molecular weight is 155 g/mol. The van der Waals surface area contributed by atoms with E-state index in [1.165, 1.54) is 5.69 Å². The molecule has 1 unspecified atom stereocenters. The highest BCUT2D eigenvalue weighted by Crippen LogP contribution is 2.24. The summed E-state index contributed by atoms with van der Waals surface area (Å²) < 4.78 is 5.25. The van der Waals surface area contributed by atoms with Crippen molar-refractivity contribution in [2.75, 3.05) is 13.2 Å². The van der Waals surface area contributed by atoms with Gasteiger partial charge in [0.1, 0.15) is 0 Å². The monoisotopic (exact) mass is 155 g/mol. The normalized spacial score (nSPS) is 25.4. The van der Waals surface area contributed by atoms with Crippen molar-refractivity contribution < 1.29 is 4.74 Å². The van der Waals surface area contributed by atoms with Crippen molar-refractivity contribution in [3.05, 3.63) is 16.6 Å². The third kappa shape index (κ3) is 1.07. The highest BCUT2D eigenvalue weighted by Gasteiger charge is 2.18. The lowest BCUT2D eigenvalue weighted by molar-refractivity contribution is 0.193. The summed E-state index contributed by atoms with van der Waals surface area (Å²) in [5, 5.41) is 2.11. The Bertz CT molecular complexity index is 191. The Hall–Kier alpha value is -0.410. The van der Waals surface area contributed by atoms with Gasteiger partial charge in [0, 0.05) is 17.9 Å². The Kier molecular flexibility index (Phi) is 1.69. The quantitative estimate of drug-likeness (QED) is 0.615. The number of thiazole rings is 1. The van der Waals surface area contributed by atoms with Crippen LogP contribution >= 0.6 is 11.3 Å². The van der Waals surface area contributed by atoms with E-state index in [-0.39, 0.29) is 0 Å². The molecule has 1 aromatic heterocycles. The molecule has 2 rings (SSSR count). The molecule has 0 saturated carbocycles. The standard InChI is InChI=1S/C7H9NOS/c1-2-9-3-6(1)7-4-10-5-8-7/h4-6H,1-3H2. The van der Waals surface area contributed by atoms with Crippen molar-refractivity contribution in [3.63, 3.8) is 0 Å². The third-order valence-electron chi connectivity index (χ3n) is 1.80. The average Bonchev–Trinajstić information content (AvgIpc) is 2.59. The molecule has 2 nitrogen and oxygen atoms in total. The van der Waals surface area contributed by atoms with Gasteiger partial charge in [0.2, 0.25) is 0 Å². The van der Waals surface area contributed by atoms with Gasteiger partial charge < -0.3 is 4.74 Å². The van der Waals surface area contributed by atoms with Crippen LogP contribution in [0.5, 0.6) is 0 Å². The van der Waals surface area contributed by atoms with Gasteiger partial charge in [0.05, 0.1) is 17.8 Å². The Morgan fingerprint density at radius 1 is 1.70 bits per heavy atom. The van der Waals surface area contributed by atoms with Crippen LogP contribution in [0.25, 0.3) is 0 Å². The van der Waals surface area contributed by atoms with Crippen LogP contribution in [0.4, 0.5) is 0 Å². The van der Waals surface area contributed by atoms with Crippen LogP contribution in [0.3, 0.4) is 0 Å². The maximum absolute atomic E-state index is 5.25. The fraction of sp³-hybridized carbons (Fsp3) is 0.571. The summed E-state index contributed by atoms with van der Waals surface area (Å²) in [5.74, 6) is 0.575. The van der Waals surface area contributed by atoms with E-state index in [1.54, 1.807) is 11.3 Å². The van der Waals surface area contributed by atoms with Crippen molar-refractivity contribution in [3.8, 4) is 0 Å². The summed E-state index contributed by atoms with van der Waals surface area (Å²) >= 11 is 1.66. The van der Waals surface area contributed by atoms with Crippen LogP contribution in [0.1, 0.15) is 18.0 Å². The molecule has 1 atom stereocenters. The van der Waals surface area contributed by atoms with Gasteiger partial charge in [-0.1, -0.05) is 0 Å². The Labute approximate surface area is 63.9 Å². The molecule has 2 heterocycles. The van der Waals surface area contributed by atoms with E-state index < -0.39 is 0 Å². The molecular weight excluding hydrogens is 146 g/mol. The predicted molar refractivity (Wildman–Crippen MR) is 40.3 cm³/mol. The first-order chi connectivity index (χ1) is 4.97. The van der Waals surface area contributed by atoms with Crippen LogP contribution in [0, 0.1) is 0 Å². The van der Waals surface area contributed by atoms with Crippen LogP contribution in [0.2, 0.25) is 0 Å². The van der Waals surface area contributed by atoms with Gasteiger partial charge in [-0.05, 0) is 6.42 Å². The van der Waals surface area contributed by atoms with Gasteiger partial charge >= 0.3 is 0 Å². The largest absolute Gasteiger partial charge is 0.381 e. The van der Waals surface area contributed by atoms with Crippen molar-refractivity contribution in [2.45, 2.75) is 12.3 Å².